The van der Waals surface area contributed by atoms with E-state index in [1.54, 1.807) is 17.0 Å². The van der Waals surface area contributed by atoms with Crippen LogP contribution in [0.4, 0.5) is 4.79 Å². The van der Waals surface area contributed by atoms with Crippen LogP contribution in [0.1, 0.15) is 75.4 Å². The van der Waals surface area contributed by atoms with Crippen molar-refractivity contribution in [3.05, 3.63) is 71.0 Å². The van der Waals surface area contributed by atoms with Crippen LogP contribution in [-0.4, -0.2) is 66.7 Å². The highest BCUT2D eigenvalue weighted by molar-refractivity contribution is 5.94. The zero-order valence-electron chi connectivity index (χ0n) is 24.9. The molecule has 0 aromatic heterocycles. The summed E-state index contributed by atoms with van der Waals surface area (Å²) < 4.78 is 11.0. The number of nitriles is 1. The molecule has 1 spiro atoms. The summed E-state index contributed by atoms with van der Waals surface area (Å²) in [6, 6.07) is 7.68. The third-order valence-corrected chi connectivity index (χ3v) is 7.15. The van der Waals surface area contributed by atoms with Gasteiger partial charge in [-0.15, -0.1) is 0 Å². The van der Waals surface area contributed by atoms with E-state index in [-0.39, 0.29) is 23.3 Å². The van der Waals surface area contributed by atoms with Crippen molar-refractivity contribution in [1.29, 1.82) is 5.26 Å². The largest absolute Gasteiger partial charge is 0.444 e. The fourth-order valence-electron chi connectivity index (χ4n) is 5.28. The molecule has 8 nitrogen and oxygen atoms in total. The summed E-state index contributed by atoms with van der Waals surface area (Å²) in [6.45, 7) is 20.1. The molecule has 8 heteroatoms. The third-order valence-electron chi connectivity index (χ3n) is 7.15. The predicted octanol–water partition coefficient (Wildman–Crippen LogP) is 5.54. The first-order valence-corrected chi connectivity index (χ1v) is 14.2. The van der Waals surface area contributed by atoms with E-state index in [1.165, 1.54) is 0 Å². The van der Waals surface area contributed by atoms with E-state index in [1.807, 2.05) is 59.8 Å². The molecule has 0 radical (unpaired) electrons. The van der Waals surface area contributed by atoms with E-state index >= 15 is 0 Å². The number of hydrogen-bond acceptors (Lipinski definition) is 6. The third kappa shape index (κ3) is 7.54. The Balaban J connectivity index is 0.00000216. The molecule has 2 fully saturated rings. The highest BCUT2D eigenvalue weighted by Crippen LogP contribution is 2.41. The molecule has 2 saturated heterocycles. The summed E-state index contributed by atoms with van der Waals surface area (Å²) in [5, 5.41) is 12.4. The van der Waals surface area contributed by atoms with Gasteiger partial charge in [0.05, 0.1) is 25.2 Å². The van der Waals surface area contributed by atoms with E-state index in [0.717, 1.165) is 41.9 Å². The van der Waals surface area contributed by atoms with E-state index in [2.05, 4.69) is 28.9 Å². The van der Waals surface area contributed by atoms with Crippen molar-refractivity contribution in [3.8, 4) is 6.07 Å². The fourth-order valence-corrected chi connectivity index (χ4v) is 5.28. The Kier molecular flexibility index (Phi) is 10.2. The molecule has 1 unspecified atom stereocenters. The van der Waals surface area contributed by atoms with Crippen LogP contribution in [-0.2, 0) is 16.1 Å². The molecule has 1 aromatic carbocycles. The van der Waals surface area contributed by atoms with E-state index in [4.69, 9.17) is 9.47 Å². The number of fused-ring (bicyclic) bond motifs is 1. The molecule has 216 valence electrons. The lowest BCUT2D eigenvalue weighted by molar-refractivity contribution is -0.0295. The maximum atomic E-state index is 12.8. The van der Waals surface area contributed by atoms with Crippen LogP contribution in [0.5, 0.6) is 0 Å². The topological polar surface area (TPSA) is 94.9 Å². The van der Waals surface area contributed by atoms with Gasteiger partial charge in [0.15, 0.2) is 0 Å². The lowest BCUT2D eigenvalue weighted by atomic mass is 9.79. The van der Waals surface area contributed by atoms with Crippen LogP contribution in [0, 0.1) is 16.7 Å². The second-order valence-electron chi connectivity index (χ2n) is 11.5. The Labute approximate surface area is 239 Å². The fraction of sp³-hybridized carbons (Fsp3) is 0.531. The van der Waals surface area contributed by atoms with Crippen LogP contribution in [0.15, 0.2) is 54.3 Å². The number of rotatable bonds is 6. The first-order chi connectivity index (χ1) is 19.0. The summed E-state index contributed by atoms with van der Waals surface area (Å²) in [7, 11) is 0. The molecule has 0 bridgehead atoms. The minimum atomic E-state index is -0.493. The minimum Gasteiger partial charge on any atom is -0.444 e. The monoisotopic (exact) mass is 548 g/mol. The molecule has 1 N–H and O–H groups in total. The number of ether oxygens (including phenoxy) is 2. The number of amides is 2. The molecule has 40 heavy (non-hydrogen) atoms. The highest BCUT2D eigenvalue weighted by atomic mass is 16.6. The van der Waals surface area contributed by atoms with Gasteiger partial charge in [-0.05, 0) is 75.1 Å². The number of allylic oxidation sites excluding steroid dienone is 2. The molecule has 3 aliphatic heterocycles. The van der Waals surface area contributed by atoms with Gasteiger partial charge in [-0.3, -0.25) is 4.79 Å². The molecular formula is C32H44N4O4. The summed E-state index contributed by atoms with van der Waals surface area (Å²) in [6.07, 6.45) is 6.84. The number of nitrogens with one attached hydrogen (secondary N) is 1. The lowest BCUT2D eigenvalue weighted by Gasteiger charge is -2.47. The van der Waals surface area contributed by atoms with Gasteiger partial charge in [0, 0.05) is 49.4 Å². The average Bonchev–Trinajstić information content (AvgIpc) is 3.36. The smallest absolute Gasteiger partial charge is 0.410 e. The second kappa shape index (κ2) is 13.2. The van der Waals surface area contributed by atoms with Crippen LogP contribution in [0.25, 0.3) is 0 Å². The number of carbonyl (C=O) groups is 2. The Hall–Kier alpha value is -3.57. The molecule has 4 rings (SSSR count). The summed E-state index contributed by atoms with van der Waals surface area (Å²) in [5.74, 6) is -0.557. The molecule has 0 saturated carbocycles. The zero-order valence-corrected chi connectivity index (χ0v) is 24.9. The first kappa shape index (κ1) is 31.0. The molecule has 2 amide bonds. The van der Waals surface area contributed by atoms with Crippen LogP contribution >= 0.6 is 0 Å². The van der Waals surface area contributed by atoms with Crippen LogP contribution < -0.4 is 5.32 Å². The Morgan fingerprint density at radius 2 is 1.95 bits per heavy atom. The lowest BCUT2D eigenvalue weighted by Crippen LogP contribution is -2.60. The molecule has 1 atom stereocenters. The number of hydrogen-bond donors (Lipinski definition) is 1. The van der Waals surface area contributed by atoms with Gasteiger partial charge in [0.2, 0.25) is 0 Å². The number of carbonyl (C=O) groups excluding carboxylic acids is 2. The van der Waals surface area contributed by atoms with Crippen molar-refractivity contribution < 1.29 is 19.1 Å². The predicted molar refractivity (Wildman–Crippen MR) is 157 cm³/mol. The van der Waals surface area contributed by atoms with Crippen molar-refractivity contribution in [2.45, 2.75) is 66.1 Å². The maximum absolute atomic E-state index is 12.8. The normalized spacial score (nSPS) is 19.7. The first-order valence-electron chi connectivity index (χ1n) is 14.2. The second-order valence-corrected chi connectivity index (χ2v) is 11.5. The summed E-state index contributed by atoms with van der Waals surface area (Å²) in [4.78, 5) is 29.3. The highest BCUT2D eigenvalue weighted by Gasteiger charge is 2.50. The van der Waals surface area contributed by atoms with E-state index in [0.29, 0.717) is 38.4 Å². The van der Waals surface area contributed by atoms with Gasteiger partial charge in [-0.25, -0.2) is 4.79 Å². The van der Waals surface area contributed by atoms with Crippen molar-refractivity contribution in [2.24, 2.45) is 5.41 Å². The quantitative estimate of drug-likeness (QED) is 0.469. The van der Waals surface area contributed by atoms with Crippen LogP contribution in [0.2, 0.25) is 0 Å². The van der Waals surface area contributed by atoms with Gasteiger partial charge < -0.3 is 24.6 Å². The molecule has 1 aromatic rings. The Morgan fingerprint density at radius 3 is 2.60 bits per heavy atom. The van der Waals surface area contributed by atoms with E-state index in [9.17, 15) is 14.9 Å². The van der Waals surface area contributed by atoms with Crippen molar-refractivity contribution in [1.82, 2.24) is 15.1 Å². The number of nitrogens with zero attached hydrogens (tertiary/aromatic N) is 3. The molecular weight excluding hydrogens is 504 g/mol. The zero-order chi connectivity index (χ0) is 29.5. The van der Waals surface area contributed by atoms with Gasteiger partial charge >= 0.3 is 6.09 Å². The number of benzene rings is 1. The molecule has 3 aliphatic rings. The summed E-state index contributed by atoms with van der Waals surface area (Å²) >= 11 is 0. The number of likely N-dealkylation sites (tertiary alicyclic amines) is 2. The van der Waals surface area contributed by atoms with E-state index < -0.39 is 5.60 Å². The SMILES string of the molecule is C=C(/C=C(\C=C/C)N1CCC2(CN(C(=O)OC(C)(C)C)C2)C1)CNC(=O)c1ccc2c(c1)C(C#N)COC2.CC. The average molecular weight is 549 g/mol. The van der Waals surface area contributed by atoms with Crippen LogP contribution in [0.3, 0.4) is 0 Å². The molecule has 3 heterocycles. The summed E-state index contributed by atoms with van der Waals surface area (Å²) in [5.41, 5.74) is 3.77. The van der Waals surface area contributed by atoms with Crippen molar-refractivity contribution in [3.63, 3.8) is 0 Å². The van der Waals surface area contributed by atoms with Gasteiger partial charge in [0.25, 0.3) is 5.91 Å². The van der Waals surface area contributed by atoms with Crippen molar-refractivity contribution >= 4 is 12.0 Å². The standard InChI is InChI=1S/C30H38N4O4.C2H6/c1-6-7-25(33-11-10-30(18-33)19-34(20-30)28(36)38-29(3,4)5)12-21(2)15-32-27(35)22-8-9-23-16-37-17-24(14-31)26(23)13-22;1-2/h6-9,12-13,24H,2,10-11,15-20H2,1,3-5H3,(H,32,35);1-2H3/b7-6-,25-12+;. The van der Waals surface area contributed by atoms with Gasteiger partial charge in [-0.1, -0.05) is 32.6 Å². The van der Waals surface area contributed by atoms with Gasteiger partial charge in [-0.2, -0.15) is 5.26 Å². The Bertz CT molecular complexity index is 1200. The van der Waals surface area contributed by atoms with Crippen molar-refractivity contribution in [2.75, 3.05) is 39.3 Å². The minimum absolute atomic E-state index is 0.0892. The molecule has 0 aliphatic carbocycles. The maximum Gasteiger partial charge on any atom is 0.410 e. The van der Waals surface area contributed by atoms with Gasteiger partial charge in [0.1, 0.15) is 5.60 Å². The Morgan fingerprint density at radius 1 is 1.25 bits per heavy atom.